The van der Waals surface area contributed by atoms with Crippen molar-refractivity contribution >= 4 is 5.97 Å². The van der Waals surface area contributed by atoms with E-state index in [9.17, 15) is 27.5 Å². The Morgan fingerprint density at radius 1 is 1.03 bits per heavy atom. The molecule has 36 heavy (non-hydrogen) atoms. The van der Waals surface area contributed by atoms with Crippen molar-refractivity contribution in [3.05, 3.63) is 83.2 Å². The molecule has 0 aliphatic carbocycles. The molecule has 0 saturated carbocycles. The van der Waals surface area contributed by atoms with Gasteiger partial charge in [-0.1, -0.05) is 29.4 Å². The fourth-order valence-electron chi connectivity index (χ4n) is 3.98. The number of carboxylic acid groups (broad SMARTS) is 1. The number of halogens is 4. The van der Waals surface area contributed by atoms with Gasteiger partial charge >= 0.3 is 6.18 Å². The normalized spacial score (nSPS) is 11.8. The maximum Gasteiger partial charge on any atom is 0.417 e. The monoisotopic (exact) mass is 498 g/mol. The number of benzene rings is 3. The van der Waals surface area contributed by atoms with Crippen molar-refractivity contribution in [1.29, 1.82) is 0 Å². The number of alkyl halides is 3. The topological polar surface area (TPSA) is 82.3 Å². The second-order valence-electron chi connectivity index (χ2n) is 8.39. The summed E-state index contributed by atoms with van der Waals surface area (Å²) >= 11 is 0. The Hall–Kier alpha value is -4.05. The van der Waals surface area contributed by atoms with Crippen LogP contribution in [0.5, 0.6) is 0 Å². The molecule has 4 rings (SSSR count). The molecule has 0 atom stereocenters. The molecule has 0 radical (unpaired) electrons. The quantitative estimate of drug-likeness (QED) is 0.343. The summed E-state index contributed by atoms with van der Waals surface area (Å²) in [5, 5.41) is 14.7. The number of likely N-dealkylation sites (N-methyl/N-ethyl adjacent to an activating group) is 1. The number of aliphatic carboxylic acids is 1. The Kier molecular flexibility index (Phi) is 6.89. The third-order valence-electron chi connectivity index (χ3n) is 5.49. The molecule has 3 aromatic carbocycles. The van der Waals surface area contributed by atoms with Crippen LogP contribution in [0.15, 0.2) is 65.2 Å². The van der Waals surface area contributed by atoms with Gasteiger partial charge in [0.1, 0.15) is 5.82 Å². The van der Waals surface area contributed by atoms with Gasteiger partial charge in [-0.3, -0.25) is 4.90 Å². The van der Waals surface area contributed by atoms with Crippen LogP contribution in [0.4, 0.5) is 17.6 Å². The molecule has 1 heterocycles. The van der Waals surface area contributed by atoms with Crippen LogP contribution in [0.2, 0.25) is 0 Å². The minimum atomic E-state index is -4.49. The average molecular weight is 498 g/mol. The number of aryl methyl sites for hydroxylation is 1. The van der Waals surface area contributed by atoms with Crippen LogP contribution in [0.1, 0.15) is 16.7 Å². The fourth-order valence-corrected chi connectivity index (χ4v) is 3.98. The first kappa shape index (κ1) is 25.1. The van der Waals surface area contributed by atoms with Crippen molar-refractivity contribution < 1.29 is 32.0 Å². The highest BCUT2D eigenvalue weighted by Gasteiger charge is 2.33. The third-order valence-corrected chi connectivity index (χ3v) is 5.49. The molecular weight excluding hydrogens is 478 g/mol. The third kappa shape index (κ3) is 5.60. The molecule has 1 aromatic heterocycles. The molecule has 186 valence electrons. The largest absolute Gasteiger partial charge is 0.549 e. The van der Waals surface area contributed by atoms with E-state index in [0.29, 0.717) is 27.8 Å². The zero-order valence-corrected chi connectivity index (χ0v) is 19.3. The van der Waals surface area contributed by atoms with Gasteiger partial charge in [-0.15, -0.1) is 0 Å². The van der Waals surface area contributed by atoms with Crippen LogP contribution >= 0.6 is 0 Å². The number of carbonyl (C=O) groups excluding carboxylic acids is 1. The van der Waals surface area contributed by atoms with Crippen LogP contribution in [-0.2, 0) is 17.5 Å². The van der Waals surface area contributed by atoms with E-state index < -0.39 is 23.5 Å². The van der Waals surface area contributed by atoms with Gasteiger partial charge in [0.15, 0.2) is 0 Å². The Bertz CT molecular complexity index is 1420. The van der Waals surface area contributed by atoms with E-state index in [0.717, 1.165) is 6.07 Å². The Morgan fingerprint density at radius 2 is 1.78 bits per heavy atom. The molecule has 10 heteroatoms. The Balaban J connectivity index is 1.62. The van der Waals surface area contributed by atoms with Crippen molar-refractivity contribution in [2.24, 2.45) is 0 Å². The maximum atomic E-state index is 14.2. The van der Waals surface area contributed by atoms with Gasteiger partial charge in [0.2, 0.25) is 5.82 Å². The van der Waals surface area contributed by atoms with Crippen molar-refractivity contribution in [3.8, 4) is 34.0 Å². The molecule has 0 amide bonds. The molecule has 0 fully saturated rings. The Labute approximate surface area is 203 Å². The van der Waals surface area contributed by atoms with Gasteiger partial charge in [-0.05, 0) is 72.6 Å². The summed E-state index contributed by atoms with van der Waals surface area (Å²) in [6.45, 7) is 1.52. The van der Waals surface area contributed by atoms with Crippen LogP contribution in [0, 0.1) is 12.7 Å². The summed E-state index contributed by atoms with van der Waals surface area (Å²) < 4.78 is 59.9. The van der Waals surface area contributed by atoms with E-state index >= 15 is 0 Å². The zero-order chi connectivity index (χ0) is 26.0. The molecule has 0 bridgehead atoms. The molecule has 0 saturated heterocycles. The number of hydrogen-bond donors (Lipinski definition) is 0. The van der Waals surface area contributed by atoms with Crippen molar-refractivity contribution in [2.75, 3.05) is 13.6 Å². The summed E-state index contributed by atoms with van der Waals surface area (Å²) in [5.41, 5.74) is 1.65. The molecule has 0 N–H and O–H groups in total. The Morgan fingerprint density at radius 3 is 2.47 bits per heavy atom. The molecule has 0 aliphatic rings. The van der Waals surface area contributed by atoms with Gasteiger partial charge in [-0.25, -0.2) is 4.39 Å². The second kappa shape index (κ2) is 9.90. The average Bonchev–Trinajstić information content (AvgIpc) is 3.28. The van der Waals surface area contributed by atoms with Crippen LogP contribution in [0.25, 0.3) is 34.0 Å². The summed E-state index contributed by atoms with van der Waals surface area (Å²) in [6, 6.07) is 14.2. The molecule has 4 aromatic rings. The standard InChI is InChI=1S/C26H21F4N3O3/c1-15-9-17(7-8-20(15)21-5-3-4-6-22(21)26(28,29)30)25-31-24(32-36-25)18-10-16(11-19(27)12-18)13-33(2)14-23(34)35/h3-12H,13-14H2,1-2H3,(H,34,35)/p-1. The molecule has 0 unspecified atom stereocenters. The molecular formula is C26H20F4N3O3-. The van der Waals surface area contributed by atoms with Gasteiger partial charge in [-0.2, -0.15) is 18.2 Å². The highest BCUT2D eigenvalue weighted by atomic mass is 19.4. The SMILES string of the molecule is Cc1cc(-c2nc(-c3cc(F)cc(CN(C)CC(=O)[O-])c3)no2)ccc1-c1ccccc1C(F)(F)F. The number of aromatic nitrogens is 2. The summed E-state index contributed by atoms with van der Waals surface area (Å²) in [4.78, 5) is 16.5. The summed E-state index contributed by atoms with van der Waals surface area (Å²) in [5.74, 6) is -1.58. The van der Waals surface area contributed by atoms with Crippen molar-refractivity contribution in [2.45, 2.75) is 19.6 Å². The molecule has 0 spiro atoms. The fraction of sp³-hybridized carbons (Fsp3) is 0.192. The van der Waals surface area contributed by atoms with Crippen LogP contribution in [0.3, 0.4) is 0 Å². The predicted molar refractivity (Wildman–Crippen MR) is 122 cm³/mol. The lowest BCUT2D eigenvalue weighted by molar-refractivity contribution is -0.306. The van der Waals surface area contributed by atoms with Crippen LogP contribution in [-0.4, -0.2) is 34.6 Å². The van der Waals surface area contributed by atoms with E-state index in [1.807, 2.05) is 0 Å². The number of hydrogen-bond acceptors (Lipinski definition) is 6. The van der Waals surface area contributed by atoms with E-state index in [4.69, 9.17) is 4.52 Å². The first-order chi connectivity index (χ1) is 17.0. The first-order valence-corrected chi connectivity index (χ1v) is 10.8. The molecule has 6 nitrogen and oxygen atoms in total. The van der Waals surface area contributed by atoms with Gasteiger partial charge in [0.05, 0.1) is 11.5 Å². The lowest BCUT2D eigenvalue weighted by Gasteiger charge is -2.17. The van der Waals surface area contributed by atoms with E-state index in [1.54, 1.807) is 44.3 Å². The summed E-state index contributed by atoms with van der Waals surface area (Å²) in [7, 11) is 1.56. The second-order valence-corrected chi connectivity index (χ2v) is 8.39. The van der Waals surface area contributed by atoms with Crippen molar-refractivity contribution in [1.82, 2.24) is 15.0 Å². The van der Waals surface area contributed by atoms with Gasteiger partial charge < -0.3 is 14.4 Å². The highest BCUT2D eigenvalue weighted by molar-refractivity contribution is 5.74. The van der Waals surface area contributed by atoms with Crippen LogP contribution < -0.4 is 5.11 Å². The number of rotatable bonds is 7. The summed E-state index contributed by atoms with van der Waals surface area (Å²) in [6.07, 6.45) is -4.49. The van der Waals surface area contributed by atoms with E-state index in [2.05, 4.69) is 10.1 Å². The molecule has 0 aliphatic heterocycles. The smallest absolute Gasteiger partial charge is 0.417 e. The minimum Gasteiger partial charge on any atom is -0.549 e. The maximum absolute atomic E-state index is 14.2. The van der Waals surface area contributed by atoms with Crippen molar-refractivity contribution in [3.63, 3.8) is 0 Å². The first-order valence-electron chi connectivity index (χ1n) is 10.8. The minimum absolute atomic E-state index is 0.0659. The number of carboxylic acids is 1. The number of nitrogens with zero attached hydrogens (tertiary/aromatic N) is 3. The van der Waals surface area contributed by atoms with E-state index in [-0.39, 0.29) is 30.4 Å². The lowest BCUT2D eigenvalue weighted by atomic mass is 9.94. The van der Waals surface area contributed by atoms with Gasteiger partial charge in [0.25, 0.3) is 5.89 Å². The lowest BCUT2D eigenvalue weighted by Crippen LogP contribution is -2.35. The highest BCUT2D eigenvalue weighted by Crippen LogP contribution is 2.38. The number of carbonyl (C=O) groups is 1. The van der Waals surface area contributed by atoms with E-state index in [1.165, 1.54) is 29.2 Å². The zero-order valence-electron chi connectivity index (χ0n) is 19.3. The van der Waals surface area contributed by atoms with Gasteiger partial charge in [0, 0.05) is 24.2 Å². The predicted octanol–water partition coefficient (Wildman–Crippen LogP) is 4.72.